The second-order valence-electron chi connectivity index (χ2n) is 19.4. The van der Waals surface area contributed by atoms with Crippen molar-refractivity contribution in [1.82, 2.24) is 0 Å². The Kier molecular flexibility index (Phi) is 46.6. The number of nitriles is 5. The van der Waals surface area contributed by atoms with Crippen LogP contribution < -0.4 is 0 Å². The van der Waals surface area contributed by atoms with E-state index >= 15 is 0 Å². The molecule has 0 aliphatic rings. The Hall–Kier alpha value is -8.27. The smallest absolute Gasteiger partial charge is 0.203 e. The van der Waals surface area contributed by atoms with E-state index in [9.17, 15) is 96.6 Å². The van der Waals surface area contributed by atoms with E-state index in [-0.39, 0.29) is 41.2 Å². The fraction of sp³-hybridized carbons (Fsp3) is 0.459. The van der Waals surface area contributed by atoms with Crippen molar-refractivity contribution < 1.29 is 96.6 Å². The van der Waals surface area contributed by atoms with Gasteiger partial charge in [0.1, 0.15) is 40.5 Å². The van der Waals surface area contributed by atoms with Crippen LogP contribution in [-0.4, -0.2) is 24.7 Å². The molecule has 88 heavy (non-hydrogen) atoms. The monoisotopic (exact) mass is 1280 g/mol. The van der Waals surface area contributed by atoms with Crippen LogP contribution in [0.3, 0.4) is 0 Å². The summed E-state index contributed by atoms with van der Waals surface area (Å²) in [4.78, 5) is 0. The van der Waals surface area contributed by atoms with Crippen molar-refractivity contribution in [3.05, 3.63) is 122 Å². The number of benzene rings is 2. The van der Waals surface area contributed by atoms with Crippen LogP contribution in [0.25, 0.3) is 6.08 Å². The predicted molar refractivity (Wildman–Crippen MR) is 288 cm³/mol. The lowest BCUT2D eigenvalue weighted by Gasteiger charge is -2.15. The van der Waals surface area contributed by atoms with Crippen molar-refractivity contribution in [2.75, 3.05) is 0 Å². The minimum atomic E-state index is -5.33. The normalized spacial score (nSPS) is 10.9. The van der Waals surface area contributed by atoms with Gasteiger partial charge in [0.05, 0.1) is 11.6 Å². The maximum atomic E-state index is 13.1. The summed E-state index contributed by atoms with van der Waals surface area (Å²) in [6.07, 6.45) is -11.2. The van der Waals surface area contributed by atoms with Gasteiger partial charge in [-0.2, -0.15) is 79.0 Å². The molecule has 0 aromatic heterocycles. The van der Waals surface area contributed by atoms with Crippen LogP contribution >= 0.6 is 0 Å². The SMILES string of the molecule is CC(C)/C=C(\C#N)C(F)(F)F.CC(C)/C=C/C#N.CC(C)/C=C/c1c(F)c(F)c(F)c(F)c1F.CC(C)C#CC#N.CC(C)C#CC(F)(F)F.CC(C)C#Cc1c(F)c(F)c(F)c(F)c1F.CC(C)C=C(C#N)C#N.CC(C)C=C(C(F)(F)F)C(F)(F)F. The van der Waals surface area contributed by atoms with E-state index in [0.717, 1.165) is 18.2 Å². The highest BCUT2D eigenvalue weighted by atomic mass is 19.4. The van der Waals surface area contributed by atoms with Gasteiger partial charge in [0.2, 0.25) is 11.6 Å². The standard InChI is InChI=1S/C11H9F5.C11H7F5.C7H8F6.C7H8F3N.C7H8N2.C6H7F3.C6H9N.C6H7N/c2*1-5(2)3-4-6-7(12)9(14)11(16)10(15)8(6)13;1-4(2)3-5(6(8,9)10)7(11,12)13;1-5(2)3-6(4-11)7(8,9)10;1-6(2)3-7(4-8)5-9;1-5(2)3-4-6(7,8)9;2*1-6(2)4-3-5-7/h3-5H,1-2H3;5H,1-2H3;3-4H,1-2H3;3,5H,1-2H3;3,6H,1-2H3;5H,1-2H3;3-4,6H,1-2H3;6H,1-2H3/b4-3+;;;6-3+;;;4-3+;. The van der Waals surface area contributed by atoms with Crippen molar-refractivity contribution in [3.8, 4) is 65.9 Å². The average molecular weight is 1280 g/mol. The molecule has 0 unspecified atom stereocenters. The Labute approximate surface area is 499 Å². The number of rotatable bonds is 6. The van der Waals surface area contributed by atoms with Crippen LogP contribution in [0.15, 0.2) is 53.2 Å². The lowest BCUT2D eigenvalue weighted by atomic mass is 10.1. The molecule has 0 heterocycles. The molecule has 0 fully saturated rings. The van der Waals surface area contributed by atoms with Gasteiger partial charge in [-0.1, -0.05) is 171 Å². The van der Waals surface area contributed by atoms with Crippen LogP contribution in [0.4, 0.5) is 96.6 Å². The van der Waals surface area contributed by atoms with E-state index in [1.807, 2.05) is 65.5 Å². The van der Waals surface area contributed by atoms with Gasteiger partial charge in [-0.3, -0.25) is 0 Å². The number of hydrogen-bond donors (Lipinski definition) is 0. The molecule has 2 rings (SSSR count). The van der Waals surface area contributed by atoms with Gasteiger partial charge < -0.3 is 0 Å². The molecule has 0 N–H and O–H groups in total. The first kappa shape index (κ1) is 90.9. The maximum Gasteiger partial charge on any atom is 0.457 e. The summed E-state index contributed by atoms with van der Waals surface area (Å²) in [6.45, 7) is 27.4. The molecule has 0 aliphatic carbocycles. The van der Waals surface area contributed by atoms with Crippen LogP contribution in [0.5, 0.6) is 0 Å². The predicted octanol–water partition coefficient (Wildman–Crippen LogP) is 20.5. The molecule has 2 aromatic carbocycles. The number of alkyl halides is 12. The second kappa shape index (κ2) is 45.1. The second-order valence-corrected chi connectivity index (χ2v) is 19.4. The molecule has 0 radical (unpaired) electrons. The first-order chi connectivity index (χ1) is 39.8. The summed E-state index contributed by atoms with van der Waals surface area (Å²) in [5.41, 5.74) is -5.36. The maximum absolute atomic E-state index is 13.1. The summed E-state index contributed by atoms with van der Waals surface area (Å²) in [7, 11) is 0. The molecule has 486 valence electrons. The van der Waals surface area contributed by atoms with Crippen LogP contribution in [-0.2, 0) is 0 Å². The highest BCUT2D eigenvalue weighted by Gasteiger charge is 2.50. The van der Waals surface area contributed by atoms with Gasteiger partial charge in [0, 0.05) is 35.7 Å². The van der Waals surface area contributed by atoms with Gasteiger partial charge in [0.25, 0.3) is 0 Å². The summed E-state index contributed by atoms with van der Waals surface area (Å²) >= 11 is 0. The minimum Gasteiger partial charge on any atom is -0.203 e. The molecule has 0 atom stereocenters. The van der Waals surface area contributed by atoms with E-state index in [0.29, 0.717) is 11.8 Å². The topological polar surface area (TPSA) is 119 Å². The Balaban J connectivity index is -0.000000222. The minimum absolute atomic E-state index is 0.0602. The highest BCUT2D eigenvalue weighted by Crippen LogP contribution is 2.39. The molecule has 0 saturated heterocycles. The van der Waals surface area contributed by atoms with E-state index < -0.39 is 111 Å². The molecule has 5 nitrogen and oxygen atoms in total. The van der Waals surface area contributed by atoms with Gasteiger partial charge in [-0.15, -0.1) is 0 Å². The molecule has 0 spiro atoms. The molecule has 2 aromatic rings. The van der Waals surface area contributed by atoms with Gasteiger partial charge in [0.15, 0.2) is 52.6 Å². The third kappa shape index (κ3) is 46.0. The van der Waals surface area contributed by atoms with E-state index in [2.05, 4.69) is 17.8 Å². The van der Waals surface area contributed by atoms with Crippen molar-refractivity contribution in [2.24, 2.45) is 47.3 Å². The van der Waals surface area contributed by atoms with Crippen LogP contribution in [0.2, 0.25) is 0 Å². The van der Waals surface area contributed by atoms with Gasteiger partial charge in [-0.25, -0.2) is 43.9 Å². The number of hydrogen-bond acceptors (Lipinski definition) is 5. The Bertz CT molecular complexity index is 2970. The Morgan fingerprint density at radius 3 is 0.932 bits per heavy atom. The average Bonchev–Trinajstić information content (AvgIpc) is 3.59. The van der Waals surface area contributed by atoms with Crippen LogP contribution in [0.1, 0.15) is 122 Å². The van der Waals surface area contributed by atoms with Crippen molar-refractivity contribution >= 4 is 6.08 Å². The lowest BCUT2D eigenvalue weighted by molar-refractivity contribution is -0.172. The lowest BCUT2D eigenvalue weighted by Crippen LogP contribution is -2.26. The number of allylic oxidation sites excluding steroid dienone is 9. The summed E-state index contributed by atoms with van der Waals surface area (Å²) in [5.74, 6) is -7.58. The quantitative estimate of drug-likeness (QED) is 0.0713. The van der Waals surface area contributed by atoms with E-state index in [1.54, 1.807) is 79.7 Å². The molecule has 0 bridgehead atoms. The molecule has 0 saturated carbocycles. The first-order valence-corrected chi connectivity index (χ1v) is 25.2. The van der Waals surface area contributed by atoms with Crippen molar-refractivity contribution in [3.63, 3.8) is 0 Å². The van der Waals surface area contributed by atoms with Crippen molar-refractivity contribution in [2.45, 2.75) is 135 Å². The first-order valence-electron chi connectivity index (χ1n) is 25.2. The summed E-state index contributed by atoms with van der Waals surface area (Å²) in [5, 5.41) is 40.4. The fourth-order valence-corrected chi connectivity index (χ4v) is 4.27. The molecule has 0 amide bonds. The highest BCUT2D eigenvalue weighted by molar-refractivity contribution is 5.51. The zero-order valence-corrected chi connectivity index (χ0v) is 50.2. The molecule has 27 heteroatoms. The molecular weight excluding hydrogens is 1220 g/mol. The largest absolute Gasteiger partial charge is 0.457 e. The van der Waals surface area contributed by atoms with Crippen LogP contribution in [0, 0.1) is 198 Å². The third-order valence-electron chi connectivity index (χ3n) is 7.84. The van der Waals surface area contributed by atoms with E-state index in [4.69, 9.17) is 26.3 Å². The Morgan fingerprint density at radius 1 is 0.386 bits per heavy atom. The van der Waals surface area contributed by atoms with Gasteiger partial charge in [-0.05, 0) is 29.6 Å². The zero-order chi connectivity index (χ0) is 71.0. The number of nitrogens with zero attached hydrogens (tertiary/aromatic N) is 5. The third-order valence-corrected chi connectivity index (χ3v) is 7.84. The summed E-state index contributed by atoms with van der Waals surface area (Å²) < 4.78 is 268. The fourth-order valence-electron chi connectivity index (χ4n) is 4.27. The Morgan fingerprint density at radius 2 is 0.739 bits per heavy atom. The van der Waals surface area contributed by atoms with Crippen molar-refractivity contribution in [1.29, 1.82) is 26.3 Å². The van der Waals surface area contributed by atoms with Gasteiger partial charge >= 0.3 is 24.7 Å². The number of halogens is 22. The molecule has 0 aliphatic heterocycles. The summed E-state index contributed by atoms with van der Waals surface area (Å²) in [6, 6.07) is 8.33. The van der Waals surface area contributed by atoms with E-state index in [1.165, 1.54) is 31.9 Å². The zero-order valence-electron chi connectivity index (χ0n) is 50.2. The molecular formula is C61H63F22N5.